The Hall–Kier alpha value is -2.49. The van der Waals surface area contributed by atoms with Gasteiger partial charge in [-0.3, -0.25) is 9.69 Å². The van der Waals surface area contributed by atoms with Crippen molar-refractivity contribution in [2.75, 3.05) is 12.4 Å². The Balaban J connectivity index is 2.02. The molecule has 2 aromatic carbocycles. The van der Waals surface area contributed by atoms with Gasteiger partial charge in [-0.1, -0.05) is 17.7 Å². The van der Waals surface area contributed by atoms with Crippen molar-refractivity contribution in [2.24, 2.45) is 0 Å². The largest absolute Gasteiger partial charge is 0.325 e. The zero-order valence-electron chi connectivity index (χ0n) is 13.7. The van der Waals surface area contributed by atoms with Crippen molar-refractivity contribution in [3.8, 4) is 6.07 Å². The molecule has 2 rings (SSSR count). The number of hydrogen-bond donors (Lipinski definition) is 1. The molecule has 2 aromatic rings. The second kappa shape index (κ2) is 8.06. The Morgan fingerprint density at radius 2 is 2.00 bits per heavy atom. The van der Waals surface area contributed by atoms with Gasteiger partial charge in [-0.25, -0.2) is 8.78 Å². The third kappa shape index (κ3) is 4.75. The fourth-order valence-corrected chi connectivity index (χ4v) is 2.42. The molecule has 0 bridgehead atoms. The van der Waals surface area contributed by atoms with Crippen molar-refractivity contribution < 1.29 is 13.6 Å². The Morgan fingerprint density at radius 3 is 2.60 bits per heavy atom. The van der Waals surface area contributed by atoms with E-state index in [1.165, 1.54) is 18.2 Å². The average Bonchev–Trinajstić information content (AvgIpc) is 2.57. The van der Waals surface area contributed by atoms with E-state index in [4.69, 9.17) is 16.9 Å². The van der Waals surface area contributed by atoms with Crippen molar-refractivity contribution in [2.45, 2.75) is 19.5 Å². The molecule has 25 heavy (non-hydrogen) atoms. The molecule has 0 radical (unpaired) electrons. The number of carbonyl (C=O) groups is 1. The minimum Gasteiger partial charge on any atom is -0.325 e. The predicted octanol–water partition coefficient (Wildman–Crippen LogP) is 3.95. The van der Waals surface area contributed by atoms with Gasteiger partial charge in [-0.2, -0.15) is 5.26 Å². The first kappa shape index (κ1) is 18.8. The third-order valence-electron chi connectivity index (χ3n) is 3.81. The summed E-state index contributed by atoms with van der Waals surface area (Å²) in [5.74, 6) is -2.11. The minimum atomic E-state index is -0.921. The molecule has 0 aliphatic rings. The molecule has 0 saturated carbocycles. The van der Waals surface area contributed by atoms with Crippen LogP contribution in [0.15, 0.2) is 36.4 Å². The monoisotopic (exact) mass is 363 g/mol. The van der Waals surface area contributed by atoms with Crippen LogP contribution in [0.3, 0.4) is 0 Å². The summed E-state index contributed by atoms with van der Waals surface area (Å²) in [5, 5.41) is 11.8. The van der Waals surface area contributed by atoms with E-state index >= 15 is 0 Å². The van der Waals surface area contributed by atoms with Crippen LogP contribution in [0.2, 0.25) is 5.02 Å². The number of benzene rings is 2. The number of amides is 1. The average molecular weight is 364 g/mol. The van der Waals surface area contributed by atoms with Gasteiger partial charge in [-0.15, -0.1) is 0 Å². The molecular formula is C18H16ClF2N3O. The summed E-state index contributed by atoms with van der Waals surface area (Å²) in [6, 6.07) is 9.66. The van der Waals surface area contributed by atoms with Crippen molar-refractivity contribution in [3.63, 3.8) is 0 Å². The number of hydrogen-bond acceptors (Lipinski definition) is 3. The molecule has 1 unspecified atom stereocenters. The van der Waals surface area contributed by atoms with Gasteiger partial charge in [0.1, 0.15) is 6.07 Å². The van der Waals surface area contributed by atoms with Gasteiger partial charge >= 0.3 is 0 Å². The van der Waals surface area contributed by atoms with Crippen molar-refractivity contribution >= 4 is 23.2 Å². The van der Waals surface area contributed by atoms with Crippen molar-refractivity contribution in [1.29, 1.82) is 5.26 Å². The molecule has 1 amide bonds. The van der Waals surface area contributed by atoms with Crippen LogP contribution in [0.5, 0.6) is 0 Å². The molecule has 0 spiro atoms. The Kier molecular flexibility index (Phi) is 6.07. The van der Waals surface area contributed by atoms with Crippen LogP contribution < -0.4 is 5.32 Å². The maximum absolute atomic E-state index is 13.3. The van der Waals surface area contributed by atoms with Crippen molar-refractivity contribution in [1.82, 2.24) is 4.90 Å². The molecule has 4 nitrogen and oxygen atoms in total. The SMILES string of the molecule is CC(C(=O)Nc1ccc(C#N)c(Cl)c1)N(C)Cc1ccc(F)c(F)c1. The summed E-state index contributed by atoms with van der Waals surface area (Å²) in [6.07, 6.45) is 0. The number of rotatable bonds is 5. The van der Waals surface area contributed by atoms with Crippen LogP contribution in [0.25, 0.3) is 0 Å². The summed E-state index contributed by atoms with van der Waals surface area (Å²) in [7, 11) is 1.71. The Bertz CT molecular complexity index is 836. The van der Waals surface area contributed by atoms with E-state index in [0.29, 0.717) is 16.8 Å². The molecule has 1 N–H and O–H groups in total. The lowest BCUT2D eigenvalue weighted by Crippen LogP contribution is -2.39. The van der Waals surface area contributed by atoms with Gasteiger partial charge in [0.25, 0.3) is 0 Å². The molecule has 7 heteroatoms. The fourth-order valence-electron chi connectivity index (χ4n) is 2.19. The lowest BCUT2D eigenvalue weighted by molar-refractivity contribution is -0.120. The smallest absolute Gasteiger partial charge is 0.241 e. The summed E-state index contributed by atoms with van der Waals surface area (Å²) < 4.78 is 26.2. The van der Waals surface area contributed by atoms with E-state index in [1.54, 1.807) is 24.9 Å². The van der Waals surface area contributed by atoms with Gasteiger partial charge in [0.15, 0.2) is 11.6 Å². The molecule has 0 aliphatic carbocycles. The van der Waals surface area contributed by atoms with Gasteiger partial charge in [0.05, 0.1) is 16.6 Å². The Morgan fingerprint density at radius 1 is 1.28 bits per heavy atom. The number of halogens is 3. The summed E-state index contributed by atoms with van der Waals surface area (Å²) >= 11 is 5.94. The van der Waals surface area contributed by atoms with E-state index < -0.39 is 17.7 Å². The first-order valence-electron chi connectivity index (χ1n) is 7.46. The van der Waals surface area contributed by atoms with E-state index in [1.807, 2.05) is 6.07 Å². The highest BCUT2D eigenvalue weighted by atomic mass is 35.5. The lowest BCUT2D eigenvalue weighted by Gasteiger charge is -2.24. The van der Waals surface area contributed by atoms with E-state index in [-0.39, 0.29) is 17.5 Å². The van der Waals surface area contributed by atoms with Crippen LogP contribution in [0.4, 0.5) is 14.5 Å². The molecule has 0 heterocycles. The highest BCUT2D eigenvalue weighted by molar-refractivity contribution is 6.32. The zero-order valence-corrected chi connectivity index (χ0v) is 14.4. The molecule has 0 aromatic heterocycles. The molecule has 130 valence electrons. The van der Waals surface area contributed by atoms with Gasteiger partial charge in [0.2, 0.25) is 5.91 Å². The van der Waals surface area contributed by atoms with Crippen molar-refractivity contribution in [3.05, 3.63) is 64.2 Å². The van der Waals surface area contributed by atoms with Crippen LogP contribution in [-0.4, -0.2) is 23.9 Å². The maximum atomic E-state index is 13.3. The Labute approximate surface area is 149 Å². The highest BCUT2D eigenvalue weighted by Gasteiger charge is 2.19. The molecule has 0 saturated heterocycles. The number of nitriles is 1. The van der Waals surface area contributed by atoms with Crippen LogP contribution in [0.1, 0.15) is 18.1 Å². The first-order valence-corrected chi connectivity index (χ1v) is 7.84. The van der Waals surface area contributed by atoms with Gasteiger partial charge < -0.3 is 5.32 Å². The second-order valence-corrected chi connectivity index (χ2v) is 6.04. The summed E-state index contributed by atoms with van der Waals surface area (Å²) in [6.45, 7) is 1.97. The van der Waals surface area contributed by atoms with Crippen LogP contribution >= 0.6 is 11.6 Å². The molecule has 0 aliphatic heterocycles. The maximum Gasteiger partial charge on any atom is 0.241 e. The zero-order chi connectivity index (χ0) is 18.6. The molecule has 0 fully saturated rings. The number of nitrogens with one attached hydrogen (secondary N) is 1. The topological polar surface area (TPSA) is 56.1 Å². The van der Waals surface area contributed by atoms with E-state index in [0.717, 1.165) is 12.1 Å². The van der Waals surface area contributed by atoms with E-state index in [2.05, 4.69) is 5.32 Å². The van der Waals surface area contributed by atoms with Crippen LogP contribution in [0, 0.1) is 23.0 Å². The standard InChI is InChI=1S/C18H16ClF2N3O/c1-11(24(2)10-12-3-6-16(20)17(21)7-12)18(25)23-14-5-4-13(9-22)15(19)8-14/h3-8,11H,10H2,1-2H3,(H,23,25). The molecule has 1 atom stereocenters. The van der Waals surface area contributed by atoms with E-state index in [9.17, 15) is 13.6 Å². The number of nitrogens with zero attached hydrogens (tertiary/aromatic N) is 2. The first-order chi connectivity index (χ1) is 11.8. The lowest BCUT2D eigenvalue weighted by atomic mass is 10.1. The van der Waals surface area contributed by atoms with Gasteiger partial charge in [0, 0.05) is 12.2 Å². The number of likely N-dealkylation sites (N-methyl/N-ethyl adjacent to an activating group) is 1. The third-order valence-corrected chi connectivity index (χ3v) is 4.13. The van der Waals surface area contributed by atoms with Crippen LogP contribution in [-0.2, 0) is 11.3 Å². The predicted molar refractivity (Wildman–Crippen MR) is 92.1 cm³/mol. The summed E-state index contributed by atoms with van der Waals surface area (Å²) in [4.78, 5) is 14.0. The highest BCUT2D eigenvalue weighted by Crippen LogP contribution is 2.20. The normalized spacial score (nSPS) is 11.9. The second-order valence-electron chi connectivity index (χ2n) is 5.64. The minimum absolute atomic E-state index is 0.253. The quantitative estimate of drug-likeness (QED) is 0.875. The molecular weight excluding hydrogens is 348 g/mol. The number of anilines is 1. The fraction of sp³-hybridized carbons (Fsp3) is 0.222. The summed E-state index contributed by atoms with van der Waals surface area (Å²) in [5.41, 5.74) is 1.35. The van der Waals surface area contributed by atoms with Gasteiger partial charge in [-0.05, 0) is 49.9 Å². The number of carbonyl (C=O) groups excluding carboxylic acids is 1.